The van der Waals surface area contributed by atoms with Gasteiger partial charge in [-0.05, 0) is 49.2 Å². The second kappa shape index (κ2) is 14.2. The number of benzene rings is 3. The number of nitriles is 1. The van der Waals surface area contributed by atoms with Gasteiger partial charge in [-0.2, -0.15) is 5.26 Å². The van der Waals surface area contributed by atoms with Crippen molar-refractivity contribution in [2.24, 2.45) is 0 Å². The Bertz CT molecular complexity index is 974. The van der Waals surface area contributed by atoms with Crippen molar-refractivity contribution in [2.75, 3.05) is 30.7 Å². The number of nitrogen functional groups attached to an aromatic ring is 1. The topological polar surface area (TPSA) is 111 Å². The third-order valence-electron chi connectivity index (χ3n) is 4.68. The molecule has 166 valence electrons. The molecule has 3 rings (SSSR count). The summed E-state index contributed by atoms with van der Waals surface area (Å²) >= 11 is 0. The largest absolute Gasteiger partial charge is 0.481 e. The molecule has 0 radical (unpaired) electrons. The summed E-state index contributed by atoms with van der Waals surface area (Å²) in [5.74, 6) is -0.811. The molecule has 0 bridgehead atoms. The molecule has 6 nitrogen and oxygen atoms in total. The van der Waals surface area contributed by atoms with E-state index in [0.717, 1.165) is 49.3 Å². The van der Waals surface area contributed by atoms with Crippen LogP contribution in [0, 0.1) is 11.3 Å². The summed E-state index contributed by atoms with van der Waals surface area (Å²) in [6.45, 7) is 2.46. The molecular weight excluding hydrogens is 400 g/mol. The Morgan fingerprint density at radius 1 is 0.906 bits per heavy atom. The van der Waals surface area contributed by atoms with Gasteiger partial charge in [-0.15, -0.1) is 0 Å². The van der Waals surface area contributed by atoms with Gasteiger partial charge in [-0.1, -0.05) is 66.7 Å². The van der Waals surface area contributed by atoms with Gasteiger partial charge in [-0.3, -0.25) is 4.79 Å². The standard InChI is InChI=1S/C20H24N4O2.C6H6/c21-14-17-6-2-7-18(20(17)22)24-10-3-9-23-11-8-15-4-1-5-16(12-15)13-19(25)26;1-2-4-6-5-3-1/h1-2,4-7,12,23-24H,3,8-11,13,22H2,(H,25,26);1-6H. The molecule has 0 fully saturated rings. The van der Waals surface area contributed by atoms with Gasteiger partial charge in [0.25, 0.3) is 0 Å². The molecule has 3 aromatic rings. The first-order valence-corrected chi connectivity index (χ1v) is 10.6. The summed E-state index contributed by atoms with van der Waals surface area (Å²) in [4.78, 5) is 10.8. The van der Waals surface area contributed by atoms with E-state index in [2.05, 4.69) is 16.7 Å². The van der Waals surface area contributed by atoms with E-state index in [1.54, 1.807) is 6.07 Å². The highest BCUT2D eigenvalue weighted by molar-refractivity contribution is 5.72. The minimum atomic E-state index is -0.811. The van der Waals surface area contributed by atoms with E-state index < -0.39 is 5.97 Å². The number of aliphatic carboxylic acids is 1. The van der Waals surface area contributed by atoms with Crippen LogP contribution in [0.3, 0.4) is 0 Å². The van der Waals surface area contributed by atoms with E-state index in [9.17, 15) is 4.79 Å². The van der Waals surface area contributed by atoms with Crippen molar-refractivity contribution >= 4 is 17.3 Å². The normalized spacial score (nSPS) is 9.84. The molecule has 0 aromatic heterocycles. The zero-order valence-electron chi connectivity index (χ0n) is 18.1. The number of rotatable bonds is 10. The highest BCUT2D eigenvalue weighted by Crippen LogP contribution is 2.21. The van der Waals surface area contributed by atoms with E-state index in [4.69, 9.17) is 16.1 Å². The number of nitrogens with zero attached hydrogens (tertiary/aromatic N) is 1. The first-order valence-electron chi connectivity index (χ1n) is 10.6. The van der Waals surface area contributed by atoms with E-state index in [1.165, 1.54) is 0 Å². The molecule has 0 spiro atoms. The van der Waals surface area contributed by atoms with E-state index in [1.807, 2.05) is 72.8 Å². The lowest BCUT2D eigenvalue weighted by Crippen LogP contribution is -2.21. The molecule has 0 saturated carbocycles. The third kappa shape index (κ3) is 9.33. The molecule has 0 aliphatic heterocycles. The van der Waals surface area contributed by atoms with Crippen molar-refractivity contribution in [3.8, 4) is 6.07 Å². The fourth-order valence-corrected chi connectivity index (χ4v) is 3.07. The van der Waals surface area contributed by atoms with Crippen LogP contribution in [0.15, 0.2) is 78.9 Å². The Kier molecular flexibility index (Phi) is 10.9. The van der Waals surface area contributed by atoms with Crippen molar-refractivity contribution < 1.29 is 9.90 Å². The van der Waals surface area contributed by atoms with Gasteiger partial charge in [0.05, 0.1) is 23.4 Å². The predicted octanol–water partition coefficient (Wildman–Crippen LogP) is 4.09. The fraction of sp³-hybridized carbons (Fsp3) is 0.231. The van der Waals surface area contributed by atoms with Crippen LogP contribution in [0.5, 0.6) is 0 Å². The van der Waals surface area contributed by atoms with Crippen LogP contribution in [-0.2, 0) is 17.6 Å². The molecule has 0 atom stereocenters. The summed E-state index contributed by atoms with van der Waals surface area (Å²) in [6, 6.07) is 27.2. The Labute approximate surface area is 189 Å². The zero-order chi connectivity index (χ0) is 23.0. The number of carbonyl (C=O) groups is 1. The van der Waals surface area contributed by atoms with Gasteiger partial charge in [-0.25, -0.2) is 0 Å². The zero-order valence-corrected chi connectivity index (χ0v) is 18.1. The quantitative estimate of drug-likeness (QED) is 0.285. The second-order valence-corrected chi connectivity index (χ2v) is 7.20. The summed E-state index contributed by atoms with van der Waals surface area (Å²) in [5.41, 5.74) is 9.66. The first-order chi connectivity index (χ1) is 15.6. The van der Waals surface area contributed by atoms with E-state index in [-0.39, 0.29) is 6.42 Å². The van der Waals surface area contributed by atoms with Crippen molar-refractivity contribution in [1.29, 1.82) is 5.26 Å². The van der Waals surface area contributed by atoms with Crippen LogP contribution in [0.25, 0.3) is 0 Å². The van der Waals surface area contributed by atoms with Crippen LogP contribution in [0.1, 0.15) is 23.1 Å². The fourth-order valence-electron chi connectivity index (χ4n) is 3.07. The number of anilines is 2. The molecule has 6 heteroatoms. The lowest BCUT2D eigenvalue weighted by atomic mass is 10.1. The molecule has 5 N–H and O–H groups in total. The minimum Gasteiger partial charge on any atom is -0.481 e. The number of nitrogens with one attached hydrogen (secondary N) is 2. The maximum atomic E-state index is 10.8. The molecule has 32 heavy (non-hydrogen) atoms. The van der Waals surface area contributed by atoms with Crippen molar-refractivity contribution in [1.82, 2.24) is 5.32 Å². The summed E-state index contributed by atoms with van der Waals surface area (Å²) < 4.78 is 0. The predicted molar refractivity (Wildman–Crippen MR) is 129 cm³/mol. The Morgan fingerprint density at radius 3 is 2.22 bits per heavy atom. The summed E-state index contributed by atoms with van der Waals surface area (Å²) in [6.07, 6.45) is 1.84. The Balaban J connectivity index is 0.000000520. The van der Waals surface area contributed by atoms with Gasteiger partial charge < -0.3 is 21.5 Å². The average molecular weight is 431 g/mol. The molecule has 0 aliphatic carbocycles. The van der Waals surface area contributed by atoms with Crippen LogP contribution < -0.4 is 16.4 Å². The monoisotopic (exact) mass is 430 g/mol. The molecule has 0 aliphatic rings. The van der Waals surface area contributed by atoms with Crippen LogP contribution >= 0.6 is 0 Å². The Morgan fingerprint density at radius 2 is 1.56 bits per heavy atom. The Hall–Kier alpha value is -3.82. The summed E-state index contributed by atoms with van der Waals surface area (Å²) in [7, 11) is 0. The molecule has 3 aromatic carbocycles. The van der Waals surface area contributed by atoms with Crippen LogP contribution in [-0.4, -0.2) is 30.7 Å². The van der Waals surface area contributed by atoms with Crippen molar-refractivity contribution in [3.63, 3.8) is 0 Å². The number of hydrogen-bond donors (Lipinski definition) is 4. The lowest BCUT2D eigenvalue weighted by molar-refractivity contribution is -0.136. The maximum Gasteiger partial charge on any atom is 0.307 e. The molecule has 0 heterocycles. The second-order valence-electron chi connectivity index (χ2n) is 7.20. The van der Waals surface area contributed by atoms with Crippen LogP contribution in [0.4, 0.5) is 11.4 Å². The van der Waals surface area contributed by atoms with Gasteiger partial charge in [0.15, 0.2) is 0 Å². The van der Waals surface area contributed by atoms with E-state index >= 15 is 0 Å². The SMILES string of the molecule is N#Cc1cccc(NCCCNCCc2cccc(CC(=O)O)c2)c1N.c1ccccc1. The lowest BCUT2D eigenvalue weighted by Gasteiger charge is -2.10. The van der Waals surface area contributed by atoms with Gasteiger partial charge >= 0.3 is 5.97 Å². The first kappa shape index (κ1) is 24.4. The minimum absolute atomic E-state index is 0.0586. The van der Waals surface area contributed by atoms with Crippen LogP contribution in [0.2, 0.25) is 0 Å². The van der Waals surface area contributed by atoms with Gasteiger partial charge in [0.2, 0.25) is 0 Å². The molecular formula is C26H30N4O2. The van der Waals surface area contributed by atoms with Gasteiger partial charge in [0.1, 0.15) is 6.07 Å². The number of nitrogens with two attached hydrogens (primary N) is 1. The molecule has 0 unspecified atom stereocenters. The third-order valence-corrected chi connectivity index (χ3v) is 4.68. The average Bonchev–Trinajstić information content (AvgIpc) is 2.81. The number of carboxylic acids is 1. The number of carboxylic acid groups (broad SMARTS) is 1. The van der Waals surface area contributed by atoms with E-state index in [0.29, 0.717) is 11.3 Å². The number of hydrogen-bond acceptors (Lipinski definition) is 5. The van der Waals surface area contributed by atoms with Gasteiger partial charge in [0, 0.05) is 6.54 Å². The van der Waals surface area contributed by atoms with Crippen molar-refractivity contribution in [2.45, 2.75) is 19.3 Å². The highest BCUT2D eigenvalue weighted by Gasteiger charge is 2.03. The molecule has 0 saturated heterocycles. The number of para-hydroxylation sites is 1. The smallest absolute Gasteiger partial charge is 0.307 e. The maximum absolute atomic E-state index is 10.8. The van der Waals surface area contributed by atoms with Crippen molar-refractivity contribution in [3.05, 3.63) is 95.6 Å². The molecule has 0 amide bonds. The summed E-state index contributed by atoms with van der Waals surface area (Å²) in [5, 5.41) is 24.4. The highest BCUT2D eigenvalue weighted by atomic mass is 16.4.